The molecular weight excluding hydrogens is 260 g/mol. The highest BCUT2D eigenvalue weighted by Gasteiger charge is 2.20. The molecule has 0 heterocycles. The molecule has 120 valence electrons. The van der Waals surface area contributed by atoms with Crippen molar-refractivity contribution in [2.24, 2.45) is 5.92 Å². The molecule has 1 aromatic carbocycles. The van der Waals surface area contributed by atoms with Crippen molar-refractivity contribution in [1.82, 2.24) is 0 Å². The average molecular weight is 292 g/mol. The highest BCUT2D eigenvalue weighted by atomic mass is 16.5. The van der Waals surface area contributed by atoms with E-state index in [1.165, 1.54) is 31.2 Å². The topological polar surface area (TPSA) is 18.5 Å². The lowest BCUT2D eigenvalue weighted by atomic mass is 9.91. The van der Waals surface area contributed by atoms with Crippen LogP contribution in [-0.2, 0) is 15.9 Å². The minimum absolute atomic E-state index is 0.325. The van der Waals surface area contributed by atoms with Crippen molar-refractivity contribution in [1.29, 1.82) is 0 Å². The first-order chi connectivity index (χ1) is 10.3. The summed E-state index contributed by atoms with van der Waals surface area (Å²) in [7, 11) is 3.63. The van der Waals surface area contributed by atoms with E-state index >= 15 is 0 Å². The Morgan fingerprint density at radius 1 is 0.952 bits per heavy atom. The molecule has 0 saturated carbocycles. The predicted molar refractivity (Wildman–Crippen MR) is 89.7 cm³/mol. The quantitative estimate of drug-likeness (QED) is 0.512. The maximum Gasteiger partial charge on any atom is 0.0621 e. The molecule has 2 unspecified atom stereocenters. The zero-order chi connectivity index (χ0) is 15.3. The molecular formula is C19H32O2. The second-order valence-electron chi connectivity index (χ2n) is 5.86. The van der Waals surface area contributed by atoms with Gasteiger partial charge in [0.15, 0.2) is 0 Å². The van der Waals surface area contributed by atoms with E-state index < -0.39 is 0 Å². The number of hydrogen-bond donors (Lipinski definition) is 0. The van der Waals surface area contributed by atoms with Crippen molar-refractivity contribution >= 4 is 0 Å². The summed E-state index contributed by atoms with van der Waals surface area (Å²) in [4.78, 5) is 0. The van der Waals surface area contributed by atoms with Crippen LogP contribution in [0.15, 0.2) is 30.3 Å². The molecule has 0 fully saturated rings. The van der Waals surface area contributed by atoms with Crippen LogP contribution in [0.25, 0.3) is 0 Å². The molecule has 1 rings (SSSR count). The first-order valence-electron chi connectivity index (χ1n) is 8.37. The zero-order valence-corrected chi connectivity index (χ0v) is 14.0. The average Bonchev–Trinajstić information content (AvgIpc) is 2.53. The second-order valence-corrected chi connectivity index (χ2v) is 5.86. The minimum atomic E-state index is 0.325. The summed E-state index contributed by atoms with van der Waals surface area (Å²) in [6.45, 7) is 3.04. The Morgan fingerprint density at radius 2 is 1.71 bits per heavy atom. The summed E-state index contributed by atoms with van der Waals surface area (Å²) < 4.78 is 11.2. The molecule has 0 amide bonds. The highest BCUT2D eigenvalue weighted by Crippen LogP contribution is 2.21. The van der Waals surface area contributed by atoms with Gasteiger partial charge in [0, 0.05) is 20.1 Å². The van der Waals surface area contributed by atoms with Crippen LogP contribution in [0.2, 0.25) is 0 Å². The van der Waals surface area contributed by atoms with Gasteiger partial charge in [-0.05, 0) is 24.8 Å². The van der Waals surface area contributed by atoms with Crippen molar-refractivity contribution < 1.29 is 9.47 Å². The lowest BCUT2D eigenvalue weighted by molar-refractivity contribution is 0.00480. The van der Waals surface area contributed by atoms with Crippen molar-refractivity contribution in [3.05, 3.63) is 35.9 Å². The molecule has 0 aromatic heterocycles. The van der Waals surface area contributed by atoms with Crippen molar-refractivity contribution in [3.8, 4) is 0 Å². The molecule has 21 heavy (non-hydrogen) atoms. The van der Waals surface area contributed by atoms with E-state index in [1.807, 2.05) is 7.11 Å². The molecule has 0 aliphatic heterocycles. The van der Waals surface area contributed by atoms with Crippen LogP contribution in [0.4, 0.5) is 0 Å². The van der Waals surface area contributed by atoms with Crippen LogP contribution in [0.1, 0.15) is 51.0 Å². The first-order valence-corrected chi connectivity index (χ1v) is 8.37. The van der Waals surface area contributed by atoms with Gasteiger partial charge in [0.05, 0.1) is 12.7 Å². The van der Waals surface area contributed by atoms with Gasteiger partial charge in [-0.1, -0.05) is 62.9 Å². The zero-order valence-electron chi connectivity index (χ0n) is 14.0. The third kappa shape index (κ3) is 7.63. The Kier molecular flexibility index (Phi) is 10.2. The van der Waals surface area contributed by atoms with E-state index in [9.17, 15) is 0 Å². The lowest BCUT2D eigenvalue weighted by Crippen LogP contribution is -2.27. The molecule has 0 aliphatic carbocycles. The lowest BCUT2D eigenvalue weighted by Gasteiger charge is -2.25. The van der Waals surface area contributed by atoms with Gasteiger partial charge in [0.25, 0.3) is 0 Å². The van der Waals surface area contributed by atoms with Crippen LogP contribution >= 0.6 is 0 Å². The highest BCUT2D eigenvalue weighted by molar-refractivity contribution is 5.14. The fourth-order valence-corrected chi connectivity index (χ4v) is 2.91. The minimum Gasteiger partial charge on any atom is -0.384 e. The largest absolute Gasteiger partial charge is 0.384 e. The molecule has 0 saturated heterocycles. The number of unbranched alkanes of at least 4 members (excludes halogenated alkanes) is 3. The van der Waals surface area contributed by atoms with Crippen molar-refractivity contribution in [3.63, 3.8) is 0 Å². The number of methoxy groups -OCH3 is 2. The number of rotatable bonds is 12. The van der Waals surface area contributed by atoms with Crippen LogP contribution in [0, 0.1) is 5.92 Å². The summed E-state index contributed by atoms with van der Waals surface area (Å²) in [5.41, 5.74) is 1.40. The summed E-state index contributed by atoms with van der Waals surface area (Å²) in [6, 6.07) is 10.7. The number of hydrogen-bond acceptors (Lipinski definition) is 2. The number of ether oxygens (including phenoxy) is 2. The molecule has 0 bridgehead atoms. The SMILES string of the molecule is CCCCCCC(OC)C(CCc1ccccc1)COC. The fraction of sp³-hybridized carbons (Fsp3) is 0.684. The van der Waals surface area contributed by atoms with E-state index in [2.05, 4.69) is 37.3 Å². The predicted octanol–water partition coefficient (Wildman–Crippen LogP) is 4.87. The Balaban J connectivity index is 2.44. The van der Waals surface area contributed by atoms with Gasteiger partial charge in [-0.25, -0.2) is 0 Å². The monoisotopic (exact) mass is 292 g/mol. The van der Waals surface area contributed by atoms with Crippen LogP contribution in [0.5, 0.6) is 0 Å². The Morgan fingerprint density at radius 3 is 2.33 bits per heavy atom. The maximum atomic E-state index is 5.75. The standard InChI is InChI=1S/C19H32O2/c1-4-5-6-10-13-19(21-3)18(16-20-2)15-14-17-11-8-7-9-12-17/h7-9,11-12,18-19H,4-6,10,13-16H2,1-3H3. The number of aryl methyl sites for hydroxylation is 1. The smallest absolute Gasteiger partial charge is 0.0621 e. The molecule has 2 heteroatoms. The summed E-state index contributed by atoms with van der Waals surface area (Å²) in [5.74, 6) is 0.488. The molecule has 1 aromatic rings. The fourth-order valence-electron chi connectivity index (χ4n) is 2.91. The van der Waals surface area contributed by atoms with Gasteiger partial charge in [0.1, 0.15) is 0 Å². The van der Waals surface area contributed by atoms with E-state index in [1.54, 1.807) is 7.11 Å². The van der Waals surface area contributed by atoms with E-state index in [0.29, 0.717) is 12.0 Å². The normalized spacial score (nSPS) is 14.0. The third-order valence-corrected chi connectivity index (χ3v) is 4.20. The Hall–Kier alpha value is -0.860. The van der Waals surface area contributed by atoms with Crippen LogP contribution in [0.3, 0.4) is 0 Å². The molecule has 2 nitrogen and oxygen atoms in total. The van der Waals surface area contributed by atoms with Crippen LogP contribution in [-0.4, -0.2) is 26.9 Å². The van der Waals surface area contributed by atoms with E-state index in [4.69, 9.17) is 9.47 Å². The van der Waals surface area contributed by atoms with Gasteiger partial charge in [-0.3, -0.25) is 0 Å². The van der Waals surface area contributed by atoms with Gasteiger partial charge >= 0.3 is 0 Å². The molecule has 0 N–H and O–H groups in total. The summed E-state index contributed by atoms with van der Waals surface area (Å²) in [5, 5.41) is 0. The molecule has 0 radical (unpaired) electrons. The van der Waals surface area contributed by atoms with Gasteiger partial charge in [-0.15, -0.1) is 0 Å². The first kappa shape index (κ1) is 18.2. The number of benzene rings is 1. The molecule has 0 spiro atoms. The van der Waals surface area contributed by atoms with Gasteiger partial charge in [-0.2, -0.15) is 0 Å². The molecule has 2 atom stereocenters. The Labute approximate surface area is 130 Å². The summed E-state index contributed by atoms with van der Waals surface area (Å²) >= 11 is 0. The molecule has 0 aliphatic rings. The van der Waals surface area contributed by atoms with E-state index in [0.717, 1.165) is 25.9 Å². The second kappa shape index (κ2) is 11.8. The summed E-state index contributed by atoms with van der Waals surface area (Å²) in [6.07, 6.45) is 8.90. The maximum absolute atomic E-state index is 5.75. The third-order valence-electron chi connectivity index (χ3n) is 4.20. The van der Waals surface area contributed by atoms with Gasteiger partial charge in [0.2, 0.25) is 0 Å². The Bertz CT molecular complexity index is 337. The van der Waals surface area contributed by atoms with Gasteiger partial charge < -0.3 is 9.47 Å². The van der Waals surface area contributed by atoms with Crippen molar-refractivity contribution in [2.45, 2.75) is 58.0 Å². The van der Waals surface area contributed by atoms with Crippen molar-refractivity contribution in [2.75, 3.05) is 20.8 Å². The van der Waals surface area contributed by atoms with E-state index in [-0.39, 0.29) is 0 Å². The van der Waals surface area contributed by atoms with Crippen LogP contribution < -0.4 is 0 Å².